The molecule has 2 heterocycles. The van der Waals surface area contributed by atoms with Gasteiger partial charge in [-0.25, -0.2) is 4.68 Å². The minimum absolute atomic E-state index is 0.0637. The average Bonchev–Trinajstić information content (AvgIpc) is 3.04. The van der Waals surface area contributed by atoms with Gasteiger partial charge in [-0.05, 0) is 37.6 Å². The zero-order valence-corrected chi connectivity index (χ0v) is 13.7. The van der Waals surface area contributed by atoms with Crippen LogP contribution in [0.3, 0.4) is 0 Å². The summed E-state index contributed by atoms with van der Waals surface area (Å²) in [6.45, 7) is 5.73. The maximum Gasteiger partial charge on any atom is 0.274 e. The molecule has 0 spiro atoms. The Kier molecular flexibility index (Phi) is 4.34. The molecule has 1 fully saturated rings. The Morgan fingerprint density at radius 2 is 2.22 bits per heavy atom. The number of carbonyl (C=O) groups is 1. The maximum atomic E-state index is 12.6. The Morgan fingerprint density at radius 3 is 2.96 bits per heavy atom. The molecule has 0 aliphatic carbocycles. The lowest BCUT2D eigenvalue weighted by molar-refractivity contribution is 0.00325. The Labute approximate surface area is 135 Å². The van der Waals surface area contributed by atoms with Gasteiger partial charge in [0.1, 0.15) is 11.4 Å². The molecule has 2 aromatic rings. The van der Waals surface area contributed by atoms with Crippen molar-refractivity contribution < 1.29 is 14.3 Å². The van der Waals surface area contributed by atoms with Crippen LogP contribution in [-0.2, 0) is 4.74 Å². The van der Waals surface area contributed by atoms with Crippen molar-refractivity contribution in [2.75, 3.05) is 26.9 Å². The van der Waals surface area contributed by atoms with E-state index in [0.717, 1.165) is 17.0 Å². The van der Waals surface area contributed by atoms with E-state index >= 15 is 0 Å². The fraction of sp³-hybridized carbons (Fsp3) is 0.412. The van der Waals surface area contributed by atoms with Gasteiger partial charge in [0, 0.05) is 12.7 Å². The van der Waals surface area contributed by atoms with Gasteiger partial charge in [-0.15, -0.1) is 0 Å². The molecular formula is C17H21N3O3. The highest BCUT2D eigenvalue weighted by atomic mass is 16.5. The molecule has 1 atom stereocenters. The van der Waals surface area contributed by atoms with Crippen molar-refractivity contribution in [3.05, 3.63) is 41.7 Å². The predicted molar refractivity (Wildman–Crippen MR) is 86.2 cm³/mol. The molecule has 1 amide bonds. The summed E-state index contributed by atoms with van der Waals surface area (Å²) < 4.78 is 12.4. The van der Waals surface area contributed by atoms with E-state index in [1.54, 1.807) is 24.1 Å². The summed E-state index contributed by atoms with van der Waals surface area (Å²) >= 11 is 0. The van der Waals surface area contributed by atoms with Gasteiger partial charge in [-0.2, -0.15) is 5.10 Å². The molecule has 0 radical (unpaired) electrons. The zero-order chi connectivity index (χ0) is 16.4. The molecule has 1 saturated heterocycles. The van der Waals surface area contributed by atoms with Crippen LogP contribution in [0.1, 0.15) is 23.0 Å². The van der Waals surface area contributed by atoms with Gasteiger partial charge >= 0.3 is 0 Å². The molecule has 1 aromatic carbocycles. The number of morpholine rings is 1. The summed E-state index contributed by atoms with van der Waals surface area (Å²) in [6, 6.07) is 7.67. The SMILES string of the molecule is COc1ccc(C)cc1-n1ccc(C(=O)N2CCOCC2C)n1. The van der Waals surface area contributed by atoms with E-state index in [1.807, 2.05) is 36.9 Å². The number of rotatable bonds is 3. The van der Waals surface area contributed by atoms with Crippen LogP contribution in [0.25, 0.3) is 5.69 Å². The van der Waals surface area contributed by atoms with E-state index in [9.17, 15) is 4.79 Å². The van der Waals surface area contributed by atoms with Crippen molar-refractivity contribution in [3.8, 4) is 11.4 Å². The first-order chi connectivity index (χ1) is 11.1. The number of aryl methyl sites for hydroxylation is 1. The molecular weight excluding hydrogens is 294 g/mol. The Bertz CT molecular complexity index is 711. The van der Waals surface area contributed by atoms with E-state index in [-0.39, 0.29) is 11.9 Å². The Morgan fingerprint density at radius 1 is 1.39 bits per heavy atom. The van der Waals surface area contributed by atoms with Crippen LogP contribution in [0.15, 0.2) is 30.5 Å². The van der Waals surface area contributed by atoms with E-state index in [4.69, 9.17) is 9.47 Å². The fourth-order valence-corrected chi connectivity index (χ4v) is 2.73. The smallest absolute Gasteiger partial charge is 0.274 e. The summed E-state index contributed by atoms with van der Waals surface area (Å²) in [4.78, 5) is 14.4. The average molecular weight is 315 g/mol. The van der Waals surface area contributed by atoms with Crippen molar-refractivity contribution in [1.82, 2.24) is 14.7 Å². The molecule has 6 heteroatoms. The normalized spacial score (nSPS) is 18.0. The van der Waals surface area contributed by atoms with Gasteiger partial charge in [-0.1, -0.05) is 6.07 Å². The fourth-order valence-electron chi connectivity index (χ4n) is 2.73. The monoisotopic (exact) mass is 315 g/mol. The third-order valence-electron chi connectivity index (χ3n) is 4.02. The Hall–Kier alpha value is -2.34. The lowest BCUT2D eigenvalue weighted by Gasteiger charge is -2.32. The lowest BCUT2D eigenvalue weighted by atomic mass is 10.2. The number of hydrogen-bond acceptors (Lipinski definition) is 4. The van der Waals surface area contributed by atoms with Gasteiger partial charge in [-0.3, -0.25) is 4.79 Å². The van der Waals surface area contributed by atoms with E-state index in [0.29, 0.717) is 25.5 Å². The summed E-state index contributed by atoms with van der Waals surface area (Å²) in [6.07, 6.45) is 1.79. The first-order valence-electron chi connectivity index (χ1n) is 7.69. The standard InChI is InChI=1S/C17H21N3O3/c1-12-4-5-16(22-3)15(10-12)20-7-6-14(18-20)17(21)19-8-9-23-11-13(19)2/h4-7,10,13H,8-9,11H2,1-3H3. The van der Waals surface area contributed by atoms with Crippen molar-refractivity contribution in [2.45, 2.75) is 19.9 Å². The molecule has 122 valence electrons. The molecule has 0 saturated carbocycles. The van der Waals surface area contributed by atoms with Crippen LogP contribution in [0.2, 0.25) is 0 Å². The van der Waals surface area contributed by atoms with Gasteiger partial charge in [0.05, 0.1) is 26.4 Å². The van der Waals surface area contributed by atoms with Gasteiger partial charge in [0.25, 0.3) is 5.91 Å². The van der Waals surface area contributed by atoms with Crippen LogP contribution >= 0.6 is 0 Å². The number of carbonyl (C=O) groups excluding carboxylic acids is 1. The summed E-state index contributed by atoms with van der Waals surface area (Å²) in [5.74, 6) is 0.656. The molecule has 6 nitrogen and oxygen atoms in total. The minimum atomic E-state index is -0.0637. The van der Waals surface area contributed by atoms with Gasteiger partial charge in [0.2, 0.25) is 0 Å². The van der Waals surface area contributed by atoms with Crippen LogP contribution in [0, 0.1) is 6.92 Å². The number of benzene rings is 1. The van der Waals surface area contributed by atoms with Crippen molar-refractivity contribution in [3.63, 3.8) is 0 Å². The lowest BCUT2D eigenvalue weighted by Crippen LogP contribution is -2.47. The van der Waals surface area contributed by atoms with Gasteiger partial charge < -0.3 is 14.4 Å². The number of methoxy groups -OCH3 is 1. The second kappa shape index (κ2) is 6.42. The third kappa shape index (κ3) is 3.07. The molecule has 1 unspecified atom stereocenters. The summed E-state index contributed by atoms with van der Waals surface area (Å²) in [7, 11) is 1.62. The first kappa shape index (κ1) is 15.6. The number of amides is 1. The van der Waals surface area contributed by atoms with Crippen molar-refractivity contribution in [1.29, 1.82) is 0 Å². The summed E-state index contributed by atoms with van der Waals surface area (Å²) in [5, 5.41) is 4.44. The highest BCUT2D eigenvalue weighted by molar-refractivity contribution is 5.92. The van der Waals surface area contributed by atoms with Crippen LogP contribution in [0.4, 0.5) is 0 Å². The molecule has 23 heavy (non-hydrogen) atoms. The van der Waals surface area contributed by atoms with Crippen LogP contribution in [0.5, 0.6) is 5.75 Å². The Balaban J connectivity index is 1.88. The molecule has 1 aromatic heterocycles. The topological polar surface area (TPSA) is 56.6 Å². The van der Waals surface area contributed by atoms with Gasteiger partial charge in [0.15, 0.2) is 5.69 Å². The highest BCUT2D eigenvalue weighted by Gasteiger charge is 2.26. The molecule has 3 rings (SSSR count). The van der Waals surface area contributed by atoms with Crippen LogP contribution < -0.4 is 4.74 Å². The zero-order valence-electron chi connectivity index (χ0n) is 13.7. The molecule has 1 aliphatic rings. The van der Waals surface area contributed by atoms with E-state index in [2.05, 4.69) is 5.10 Å². The van der Waals surface area contributed by atoms with Crippen molar-refractivity contribution in [2.24, 2.45) is 0 Å². The highest BCUT2D eigenvalue weighted by Crippen LogP contribution is 2.23. The number of ether oxygens (including phenoxy) is 2. The number of aromatic nitrogens is 2. The summed E-state index contributed by atoms with van der Waals surface area (Å²) in [5.41, 5.74) is 2.36. The quantitative estimate of drug-likeness (QED) is 0.870. The third-order valence-corrected chi connectivity index (χ3v) is 4.02. The van der Waals surface area contributed by atoms with E-state index in [1.165, 1.54) is 0 Å². The maximum absolute atomic E-state index is 12.6. The number of hydrogen-bond donors (Lipinski definition) is 0. The van der Waals surface area contributed by atoms with Crippen molar-refractivity contribution >= 4 is 5.91 Å². The van der Waals surface area contributed by atoms with Crippen LogP contribution in [-0.4, -0.2) is 53.5 Å². The minimum Gasteiger partial charge on any atom is -0.494 e. The second-order valence-corrected chi connectivity index (χ2v) is 5.74. The first-order valence-corrected chi connectivity index (χ1v) is 7.69. The largest absolute Gasteiger partial charge is 0.494 e. The predicted octanol–water partition coefficient (Wildman–Crippen LogP) is 2.05. The number of nitrogens with zero attached hydrogens (tertiary/aromatic N) is 3. The molecule has 1 aliphatic heterocycles. The van der Waals surface area contributed by atoms with E-state index < -0.39 is 0 Å². The second-order valence-electron chi connectivity index (χ2n) is 5.74. The molecule has 0 N–H and O–H groups in total. The molecule has 0 bridgehead atoms.